The molecular formula is C12H14BrF4NO2. The molecule has 1 aromatic carbocycles. The molecule has 0 spiro atoms. The number of ether oxygens (including phenoxy) is 1. The van der Waals surface area contributed by atoms with Gasteiger partial charge in [0.25, 0.3) is 0 Å². The van der Waals surface area contributed by atoms with Crippen LogP contribution in [0.2, 0.25) is 0 Å². The molecule has 2 N–H and O–H groups in total. The van der Waals surface area contributed by atoms with Crippen LogP contribution < -0.4 is 10.1 Å². The fraction of sp³-hybridized carbons (Fsp3) is 0.500. The molecule has 0 aliphatic heterocycles. The van der Waals surface area contributed by atoms with Crippen LogP contribution in [0.1, 0.15) is 0 Å². The predicted molar refractivity (Wildman–Crippen MR) is 69.5 cm³/mol. The molecule has 8 heteroatoms. The Morgan fingerprint density at radius 3 is 2.65 bits per heavy atom. The Labute approximate surface area is 122 Å². The number of aliphatic hydroxyl groups is 1. The highest BCUT2D eigenvalue weighted by molar-refractivity contribution is 9.10. The number of nitrogens with one attached hydrogen (secondary N) is 1. The average Bonchev–Trinajstić information content (AvgIpc) is 2.36. The fourth-order valence-corrected chi connectivity index (χ4v) is 1.67. The molecule has 20 heavy (non-hydrogen) atoms. The third-order valence-corrected chi connectivity index (χ3v) is 2.79. The Kier molecular flexibility index (Phi) is 6.70. The van der Waals surface area contributed by atoms with Crippen molar-refractivity contribution >= 4 is 15.9 Å². The number of alkyl halides is 4. The normalized spacial score (nSPS) is 13.6. The van der Waals surface area contributed by atoms with Gasteiger partial charge in [0.05, 0.1) is 6.54 Å². The molecule has 1 atom stereocenters. The lowest BCUT2D eigenvalue weighted by atomic mass is 10.3. The van der Waals surface area contributed by atoms with Gasteiger partial charge in [0.15, 0.2) is 0 Å². The summed E-state index contributed by atoms with van der Waals surface area (Å²) in [5, 5.41) is 11.6. The molecule has 0 saturated carbocycles. The Morgan fingerprint density at radius 1 is 1.35 bits per heavy atom. The second kappa shape index (κ2) is 7.80. The standard InChI is InChI=1S/C12H14BrF4NO2/c13-8-2-1-3-10(4-8)20-6-9(19)5-18-7-12(16,17)11(14)15/h1-4,9,11,18-19H,5-7H2. The van der Waals surface area contributed by atoms with E-state index in [0.29, 0.717) is 5.75 Å². The van der Waals surface area contributed by atoms with Crippen LogP contribution in [-0.2, 0) is 0 Å². The van der Waals surface area contributed by atoms with Crippen molar-refractivity contribution in [3.8, 4) is 5.75 Å². The van der Waals surface area contributed by atoms with Gasteiger partial charge in [-0.2, -0.15) is 8.78 Å². The smallest absolute Gasteiger partial charge is 0.319 e. The van der Waals surface area contributed by atoms with E-state index in [2.05, 4.69) is 21.2 Å². The average molecular weight is 360 g/mol. The summed E-state index contributed by atoms with van der Waals surface area (Å²) in [6.07, 6.45) is -4.81. The van der Waals surface area contributed by atoms with Gasteiger partial charge >= 0.3 is 12.3 Å². The van der Waals surface area contributed by atoms with E-state index in [1.165, 1.54) is 0 Å². The first-order chi connectivity index (χ1) is 9.31. The lowest BCUT2D eigenvalue weighted by Gasteiger charge is -2.18. The van der Waals surface area contributed by atoms with E-state index in [9.17, 15) is 22.7 Å². The van der Waals surface area contributed by atoms with Gasteiger partial charge in [-0.25, -0.2) is 8.78 Å². The molecule has 0 saturated heterocycles. The summed E-state index contributed by atoms with van der Waals surface area (Å²) in [6, 6.07) is 6.85. The van der Waals surface area contributed by atoms with Gasteiger partial charge in [-0.1, -0.05) is 22.0 Å². The lowest BCUT2D eigenvalue weighted by Crippen LogP contribution is -2.42. The molecule has 0 aliphatic carbocycles. The zero-order valence-electron chi connectivity index (χ0n) is 10.3. The molecule has 114 valence electrons. The van der Waals surface area contributed by atoms with Crippen LogP contribution >= 0.6 is 15.9 Å². The monoisotopic (exact) mass is 359 g/mol. The maximum Gasteiger partial charge on any atom is 0.319 e. The van der Waals surface area contributed by atoms with Gasteiger partial charge in [0.2, 0.25) is 0 Å². The summed E-state index contributed by atoms with van der Waals surface area (Å²) in [5.74, 6) is -3.61. The number of aliphatic hydroxyl groups excluding tert-OH is 1. The van der Waals surface area contributed by atoms with Crippen molar-refractivity contribution in [2.45, 2.75) is 18.5 Å². The van der Waals surface area contributed by atoms with Crippen LogP contribution in [0, 0.1) is 0 Å². The third-order valence-electron chi connectivity index (χ3n) is 2.30. The van der Waals surface area contributed by atoms with Crippen LogP contribution in [0.3, 0.4) is 0 Å². The summed E-state index contributed by atoms with van der Waals surface area (Å²) >= 11 is 3.24. The lowest BCUT2D eigenvalue weighted by molar-refractivity contribution is -0.125. The topological polar surface area (TPSA) is 41.5 Å². The fourth-order valence-electron chi connectivity index (χ4n) is 1.29. The van der Waals surface area contributed by atoms with Crippen LogP contribution in [0.4, 0.5) is 17.6 Å². The van der Waals surface area contributed by atoms with Gasteiger partial charge in [0.1, 0.15) is 18.5 Å². The molecule has 0 bridgehead atoms. The van der Waals surface area contributed by atoms with Crippen molar-refractivity contribution in [2.24, 2.45) is 0 Å². The first-order valence-electron chi connectivity index (χ1n) is 5.74. The van der Waals surface area contributed by atoms with Crippen molar-refractivity contribution < 1.29 is 27.4 Å². The molecule has 0 fully saturated rings. The summed E-state index contributed by atoms with van der Waals surface area (Å²) in [4.78, 5) is 0. The first-order valence-corrected chi connectivity index (χ1v) is 6.53. The summed E-state index contributed by atoms with van der Waals surface area (Å²) in [6.45, 7) is -1.60. The molecule has 0 aromatic heterocycles. The van der Waals surface area contributed by atoms with Crippen molar-refractivity contribution in [3.63, 3.8) is 0 Å². The van der Waals surface area contributed by atoms with E-state index in [0.717, 1.165) is 4.47 Å². The minimum Gasteiger partial charge on any atom is -0.491 e. The van der Waals surface area contributed by atoms with Crippen molar-refractivity contribution in [1.82, 2.24) is 5.32 Å². The molecule has 3 nitrogen and oxygen atoms in total. The molecule has 1 rings (SSSR count). The molecule has 1 aromatic rings. The second-order valence-electron chi connectivity index (χ2n) is 4.11. The van der Waals surface area contributed by atoms with E-state index in [1.807, 2.05) is 0 Å². The molecular weight excluding hydrogens is 346 g/mol. The van der Waals surface area contributed by atoms with E-state index < -0.39 is 25.0 Å². The van der Waals surface area contributed by atoms with Crippen LogP contribution in [0.25, 0.3) is 0 Å². The van der Waals surface area contributed by atoms with Crippen LogP contribution in [-0.4, -0.2) is 43.3 Å². The SMILES string of the molecule is OC(CNCC(F)(F)C(F)F)COc1cccc(Br)c1. The van der Waals surface area contributed by atoms with Gasteiger partial charge in [-0.15, -0.1) is 0 Å². The van der Waals surface area contributed by atoms with Gasteiger partial charge < -0.3 is 15.2 Å². The molecule has 0 radical (unpaired) electrons. The van der Waals surface area contributed by atoms with E-state index in [1.54, 1.807) is 24.3 Å². The molecule has 0 amide bonds. The van der Waals surface area contributed by atoms with E-state index in [-0.39, 0.29) is 13.2 Å². The van der Waals surface area contributed by atoms with Gasteiger partial charge in [0, 0.05) is 11.0 Å². The highest BCUT2D eigenvalue weighted by Gasteiger charge is 2.40. The predicted octanol–water partition coefficient (Wildman–Crippen LogP) is 2.68. The van der Waals surface area contributed by atoms with E-state index in [4.69, 9.17) is 4.74 Å². The zero-order valence-corrected chi connectivity index (χ0v) is 11.9. The van der Waals surface area contributed by atoms with Crippen LogP contribution in [0.15, 0.2) is 28.7 Å². The van der Waals surface area contributed by atoms with Crippen molar-refractivity contribution in [1.29, 1.82) is 0 Å². The maximum absolute atomic E-state index is 12.6. The first kappa shape index (κ1) is 17.2. The number of hydrogen-bond acceptors (Lipinski definition) is 3. The largest absolute Gasteiger partial charge is 0.491 e. The minimum absolute atomic E-state index is 0.135. The highest BCUT2D eigenvalue weighted by atomic mass is 79.9. The summed E-state index contributed by atoms with van der Waals surface area (Å²) in [7, 11) is 0. The summed E-state index contributed by atoms with van der Waals surface area (Å²) in [5.41, 5.74) is 0. The van der Waals surface area contributed by atoms with Gasteiger partial charge in [-0.3, -0.25) is 0 Å². The van der Waals surface area contributed by atoms with Crippen molar-refractivity contribution in [3.05, 3.63) is 28.7 Å². The van der Waals surface area contributed by atoms with E-state index >= 15 is 0 Å². The summed E-state index contributed by atoms with van der Waals surface area (Å²) < 4.78 is 54.9. The highest BCUT2D eigenvalue weighted by Crippen LogP contribution is 2.21. The Bertz CT molecular complexity index is 420. The number of benzene rings is 1. The quantitative estimate of drug-likeness (QED) is 0.701. The Hall–Kier alpha value is -0.860. The second-order valence-corrected chi connectivity index (χ2v) is 5.03. The Morgan fingerprint density at radius 2 is 2.05 bits per heavy atom. The zero-order chi connectivity index (χ0) is 15.2. The van der Waals surface area contributed by atoms with Gasteiger partial charge in [-0.05, 0) is 18.2 Å². The third kappa shape index (κ3) is 6.06. The maximum atomic E-state index is 12.6. The Balaban J connectivity index is 2.26. The number of rotatable bonds is 8. The molecule has 0 heterocycles. The molecule has 1 unspecified atom stereocenters. The van der Waals surface area contributed by atoms with Crippen molar-refractivity contribution in [2.75, 3.05) is 19.7 Å². The number of hydrogen-bond donors (Lipinski definition) is 2. The number of halogens is 5. The molecule has 0 aliphatic rings. The van der Waals surface area contributed by atoms with Crippen LogP contribution in [0.5, 0.6) is 5.75 Å². The minimum atomic E-state index is -4.11.